The van der Waals surface area contributed by atoms with Crippen LogP contribution in [0.1, 0.15) is 5.56 Å². The molecule has 0 heterocycles. The molecule has 0 unspecified atom stereocenters. The third kappa shape index (κ3) is 4.35. The van der Waals surface area contributed by atoms with Crippen LogP contribution in [0.4, 0.5) is 5.69 Å². The van der Waals surface area contributed by atoms with Crippen LogP contribution in [0.3, 0.4) is 0 Å². The maximum absolute atomic E-state index is 11.7. The number of para-hydroxylation sites is 2. The Morgan fingerprint density at radius 1 is 0.905 bits per heavy atom. The van der Waals surface area contributed by atoms with Gasteiger partial charge in [-0.3, -0.25) is 9.59 Å². The summed E-state index contributed by atoms with van der Waals surface area (Å²) in [5.74, 6) is -1.61. The first-order chi connectivity index (χ1) is 10.2. The van der Waals surface area contributed by atoms with E-state index in [1.54, 1.807) is 12.1 Å². The summed E-state index contributed by atoms with van der Waals surface area (Å²) in [5, 5.41) is 14.4. The molecule has 5 heteroatoms. The van der Waals surface area contributed by atoms with E-state index in [1.165, 1.54) is 12.1 Å². The van der Waals surface area contributed by atoms with Crippen LogP contribution in [0.5, 0.6) is 5.75 Å². The van der Waals surface area contributed by atoms with E-state index in [2.05, 4.69) is 10.6 Å². The molecule has 2 rings (SSSR count). The normalized spacial score (nSPS) is 9.90. The molecule has 108 valence electrons. The molecule has 0 radical (unpaired) electrons. The van der Waals surface area contributed by atoms with Crippen molar-refractivity contribution in [3.05, 3.63) is 60.2 Å². The van der Waals surface area contributed by atoms with Gasteiger partial charge in [-0.2, -0.15) is 0 Å². The van der Waals surface area contributed by atoms with E-state index in [-0.39, 0.29) is 11.4 Å². The van der Waals surface area contributed by atoms with Crippen LogP contribution < -0.4 is 10.6 Å². The molecule has 0 bridgehead atoms. The largest absolute Gasteiger partial charge is 0.506 e. The highest BCUT2D eigenvalue weighted by Gasteiger charge is 2.14. The Balaban J connectivity index is 1.81. The topological polar surface area (TPSA) is 78.4 Å². The molecule has 2 aromatic carbocycles. The van der Waals surface area contributed by atoms with E-state index in [0.29, 0.717) is 13.0 Å². The molecular weight excluding hydrogens is 268 g/mol. The molecule has 2 aromatic rings. The number of phenolic OH excluding ortho intramolecular Hbond substituents is 1. The quantitative estimate of drug-likeness (QED) is 0.590. The molecule has 0 atom stereocenters. The average molecular weight is 284 g/mol. The Labute approximate surface area is 122 Å². The zero-order valence-corrected chi connectivity index (χ0v) is 11.4. The molecule has 0 aliphatic heterocycles. The van der Waals surface area contributed by atoms with Crippen LogP contribution in [0.15, 0.2) is 54.6 Å². The molecule has 0 aromatic heterocycles. The van der Waals surface area contributed by atoms with Gasteiger partial charge >= 0.3 is 11.8 Å². The third-order valence-corrected chi connectivity index (χ3v) is 2.90. The first kappa shape index (κ1) is 14.6. The fourth-order valence-corrected chi connectivity index (χ4v) is 1.80. The molecule has 0 fully saturated rings. The zero-order valence-electron chi connectivity index (χ0n) is 11.4. The summed E-state index contributed by atoms with van der Waals surface area (Å²) < 4.78 is 0. The minimum atomic E-state index is -0.801. The summed E-state index contributed by atoms with van der Waals surface area (Å²) in [4.78, 5) is 23.3. The lowest BCUT2D eigenvalue weighted by Gasteiger charge is -2.07. The molecule has 2 amide bonds. The molecule has 3 N–H and O–H groups in total. The number of hydrogen-bond donors (Lipinski definition) is 3. The predicted molar refractivity (Wildman–Crippen MR) is 79.9 cm³/mol. The van der Waals surface area contributed by atoms with E-state index in [1.807, 2.05) is 30.3 Å². The van der Waals surface area contributed by atoms with Crippen molar-refractivity contribution in [1.82, 2.24) is 5.32 Å². The number of amides is 2. The van der Waals surface area contributed by atoms with Gasteiger partial charge in [0, 0.05) is 6.54 Å². The lowest BCUT2D eigenvalue weighted by atomic mass is 10.1. The van der Waals surface area contributed by atoms with Gasteiger partial charge in [0.2, 0.25) is 0 Å². The Morgan fingerprint density at radius 2 is 1.57 bits per heavy atom. The Bertz CT molecular complexity index is 626. The summed E-state index contributed by atoms with van der Waals surface area (Å²) in [6.45, 7) is 0.372. The first-order valence-electron chi connectivity index (χ1n) is 6.58. The molecule has 0 saturated carbocycles. The second-order valence-electron chi connectivity index (χ2n) is 4.46. The average Bonchev–Trinajstić information content (AvgIpc) is 2.50. The molecule has 21 heavy (non-hydrogen) atoms. The van der Waals surface area contributed by atoms with Crippen LogP contribution in [0.25, 0.3) is 0 Å². The van der Waals surface area contributed by atoms with Gasteiger partial charge in [0.1, 0.15) is 5.75 Å². The Morgan fingerprint density at radius 3 is 2.29 bits per heavy atom. The summed E-state index contributed by atoms with van der Waals surface area (Å²) in [6, 6.07) is 15.9. The number of benzene rings is 2. The van der Waals surface area contributed by atoms with E-state index >= 15 is 0 Å². The number of aromatic hydroxyl groups is 1. The van der Waals surface area contributed by atoms with Crippen molar-refractivity contribution in [1.29, 1.82) is 0 Å². The SMILES string of the molecule is O=C(NCCc1ccccc1)C(=O)Nc1ccccc1O. The maximum Gasteiger partial charge on any atom is 0.313 e. The highest BCUT2D eigenvalue weighted by atomic mass is 16.3. The van der Waals surface area contributed by atoms with Gasteiger partial charge in [-0.05, 0) is 24.1 Å². The van der Waals surface area contributed by atoms with Crippen LogP contribution in [0, 0.1) is 0 Å². The molecule has 0 aliphatic rings. The van der Waals surface area contributed by atoms with Crippen LogP contribution in [-0.4, -0.2) is 23.5 Å². The van der Waals surface area contributed by atoms with Gasteiger partial charge in [0.15, 0.2) is 0 Å². The Hall–Kier alpha value is -2.82. The van der Waals surface area contributed by atoms with E-state index < -0.39 is 11.8 Å². The summed E-state index contributed by atoms with van der Waals surface area (Å²) in [5.41, 5.74) is 1.29. The lowest BCUT2D eigenvalue weighted by Crippen LogP contribution is -2.36. The number of carbonyl (C=O) groups excluding carboxylic acids is 2. The molecule has 5 nitrogen and oxygen atoms in total. The van der Waals surface area contributed by atoms with Gasteiger partial charge < -0.3 is 15.7 Å². The van der Waals surface area contributed by atoms with E-state index in [4.69, 9.17) is 0 Å². The van der Waals surface area contributed by atoms with Crippen molar-refractivity contribution in [2.75, 3.05) is 11.9 Å². The van der Waals surface area contributed by atoms with Gasteiger partial charge in [-0.25, -0.2) is 0 Å². The number of phenols is 1. The Kier molecular flexibility index (Phi) is 4.93. The molecule has 0 aliphatic carbocycles. The van der Waals surface area contributed by atoms with Gasteiger partial charge in [0.05, 0.1) is 5.69 Å². The molecule has 0 saturated heterocycles. The smallest absolute Gasteiger partial charge is 0.313 e. The van der Waals surface area contributed by atoms with Gasteiger partial charge in [-0.15, -0.1) is 0 Å². The summed E-state index contributed by atoms with van der Waals surface area (Å²) >= 11 is 0. The van der Waals surface area contributed by atoms with Crippen LogP contribution in [-0.2, 0) is 16.0 Å². The highest BCUT2D eigenvalue weighted by Crippen LogP contribution is 2.21. The summed E-state index contributed by atoms with van der Waals surface area (Å²) in [6.07, 6.45) is 0.649. The van der Waals surface area contributed by atoms with Crippen molar-refractivity contribution in [2.24, 2.45) is 0 Å². The zero-order chi connectivity index (χ0) is 15.1. The van der Waals surface area contributed by atoms with Crippen molar-refractivity contribution in [2.45, 2.75) is 6.42 Å². The van der Waals surface area contributed by atoms with Crippen LogP contribution >= 0.6 is 0 Å². The highest BCUT2D eigenvalue weighted by molar-refractivity contribution is 6.39. The van der Waals surface area contributed by atoms with Crippen molar-refractivity contribution >= 4 is 17.5 Å². The van der Waals surface area contributed by atoms with Gasteiger partial charge in [0.25, 0.3) is 0 Å². The van der Waals surface area contributed by atoms with Crippen LogP contribution in [0.2, 0.25) is 0 Å². The van der Waals surface area contributed by atoms with E-state index in [0.717, 1.165) is 5.56 Å². The van der Waals surface area contributed by atoms with E-state index in [9.17, 15) is 14.7 Å². The van der Waals surface area contributed by atoms with Gasteiger partial charge in [-0.1, -0.05) is 42.5 Å². The number of carbonyl (C=O) groups is 2. The fourth-order valence-electron chi connectivity index (χ4n) is 1.80. The standard InChI is InChI=1S/C16H16N2O3/c19-14-9-5-4-8-13(14)18-16(21)15(20)17-11-10-12-6-2-1-3-7-12/h1-9,19H,10-11H2,(H,17,20)(H,18,21). The minimum absolute atomic E-state index is 0.0806. The number of hydrogen-bond acceptors (Lipinski definition) is 3. The van der Waals surface area contributed by atoms with Crippen molar-refractivity contribution in [3.8, 4) is 5.75 Å². The minimum Gasteiger partial charge on any atom is -0.506 e. The second kappa shape index (κ2) is 7.09. The van der Waals surface area contributed by atoms with Crippen molar-refractivity contribution < 1.29 is 14.7 Å². The second-order valence-corrected chi connectivity index (χ2v) is 4.46. The predicted octanol–water partition coefficient (Wildman–Crippen LogP) is 1.69. The molecular formula is C16H16N2O3. The monoisotopic (exact) mass is 284 g/mol. The maximum atomic E-state index is 11.7. The number of rotatable bonds is 4. The third-order valence-electron chi connectivity index (χ3n) is 2.90. The number of anilines is 1. The fraction of sp³-hybridized carbons (Fsp3) is 0.125. The first-order valence-corrected chi connectivity index (χ1v) is 6.58. The number of nitrogens with one attached hydrogen (secondary N) is 2. The van der Waals surface area contributed by atoms with Crippen molar-refractivity contribution in [3.63, 3.8) is 0 Å². The molecule has 0 spiro atoms. The lowest BCUT2D eigenvalue weighted by molar-refractivity contribution is -0.136. The summed E-state index contributed by atoms with van der Waals surface area (Å²) in [7, 11) is 0.